The lowest BCUT2D eigenvalue weighted by Gasteiger charge is -2.05. The summed E-state index contributed by atoms with van der Waals surface area (Å²) in [6, 6.07) is 3.82. The number of hydrogen-bond donors (Lipinski definition) is 1. The fourth-order valence-corrected chi connectivity index (χ4v) is 2.70. The topological polar surface area (TPSA) is 56.0 Å². The third kappa shape index (κ3) is 4.10. The van der Waals surface area contributed by atoms with E-state index < -0.39 is 10.8 Å². The highest BCUT2D eigenvalue weighted by molar-refractivity contribution is 7.84. The van der Waals surface area contributed by atoms with E-state index >= 15 is 0 Å². The van der Waals surface area contributed by atoms with Crippen LogP contribution in [0.1, 0.15) is 31.0 Å². The number of rotatable bonds is 6. The van der Waals surface area contributed by atoms with Crippen LogP contribution in [-0.4, -0.2) is 14.9 Å². The Morgan fingerprint density at radius 3 is 3.00 bits per heavy atom. The van der Waals surface area contributed by atoms with Crippen molar-refractivity contribution in [2.75, 3.05) is 5.75 Å². The van der Waals surface area contributed by atoms with Crippen molar-refractivity contribution in [1.82, 2.24) is 4.98 Å². The van der Waals surface area contributed by atoms with Crippen molar-refractivity contribution < 1.29 is 4.21 Å². The molecule has 1 atom stereocenters. The van der Waals surface area contributed by atoms with Gasteiger partial charge < -0.3 is 5.73 Å². The van der Waals surface area contributed by atoms with Crippen molar-refractivity contribution in [3.05, 3.63) is 29.6 Å². The van der Waals surface area contributed by atoms with Gasteiger partial charge in [-0.1, -0.05) is 19.4 Å². The van der Waals surface area contributed by atoms with E-state index in [4.69, 9.17) is 5.73 Å². The second-order valence-electron chi connectivity index (χ2n) is 3.46. The molecular formula is C11H18N2OS. The summed E-state index contributed by atoms with van der Waals surface area (Å²) in [5.74, 6) is 1.36. The van der Waals surface area contributed by atoms with Gasteiger partial charge in [-0.05, 0) is 18.1 Å². The van der Waals surface area contributed by atoms with Gasteiger partial charge in [-0.3, -0.25) is 9.19 Å². The summed E-state index contributed by atoms with van der Waals surface area (Å²) >= 11 is 0. The summed E-state index contributed by atoms with van der Waals surface area (Å²) in [5.41, 5.74) is 7.45. The summed E-state index contributed by atoms with van der Waals surface area (Å²) in [6.45, 7) is 2.52. The van der Waals surface area contributed by atoms with Crippen LogP contribution in [0.5, 0.6) is 0 Å². The first-order chi connectivity index (χ1) is 7.27. The van der Waals surface area contributed by atoms with Crippen LogP contribution in [0.4, 0.5) is 0 Å². The predicted molar refractivity (Wildman–Crippen MR) is 63.7 cm³/mol. The monoisotopic (exact) mass is 226 g/mol. The van der Waals surface area contributed by atoms with E-state index in [9.17, 15) is 4.21 Å². The van der Waals surface area contributed by atoms with E-state index in [-0.39, 0.29) is 0 Å². The zero-order chi connectivity index (χ0) is 11.1. The molecule has 1 aromatic rings. The van der Waals surface area contributed by atoms with E-state index in [1.54, 1.807) is 6.20 Å². The van der Waals surface area contributed by atoms with Crippen LogP contribution in [0, 0.1) is 0 Å². The van der Waals surface area contributed by atoms with E-state index in [1.165, 1.54) is 0 Å². The standard InChI is InChI=1S/C11H18N2OS/c1-2-3-7-15(14)9-10-5-4-6-13-11(10)8-12/h4-6H,2-3,7-9,12H2,1H3. The zero-order valence-corrected chi connectivity index (χ0v) is 9.93. The minimum atomic E-state index is -0.778. The summed E-state index contributed by atoms with van der Waals surface area (Å²) < 4.78 is 11.7. The number of aromatic nitrogens is 1. The SMILES string of the molecule is CCCCS(=O)Cc1cccnc1CN. The number of nitrogens with zero attached hydrogens (tertiary/aromatic N) is 1. The van der Waals surface area contributed by atoms with Gasteiger partial charge in [0.05, 0.1) is 11.4 Å². The molecule has 1 unspecified atom stereocenters. The Morgan fingerprint density at radius 1 is 1.53 bits per heavy atom. The normalized spacial score (nSPS) is 12.7. The lowest BCUT2D eigenvalue weighted by atomic mass is 10.2. The second-order valence-corrected chi connectivity index (χ2v) is 5.03. The van der Waals surface area contributed by atoms with Crippen LogP contribution in [0.2, 0.25) is 0 Å². The molecule has 3 nitrogen and oxygen atoms in total. The first-order valence-electron chi connectivity index (χ1n) is 5.25. The first kappa shape index (κ1) is 12.3. The van der Waals surface area contributed by atoms with Gasteiger partial charge in [0.25, 0.3) is 0 Å². The molecule has 0 aliphatic heterocycles. The van der Waals surface area contributed by atoms with Gasteiger partial charge in [0.1, 0.15) is 0 Å². The van der Waals surface area contributed by atoms with Crippen molar-refractivity contribution in [1.29, 1.82) is 0 Å². The predicted octanol–water partition coefficient (Wildman–Crippen LogP) is 1.59. The quantitative estimate of drug-likeness (QED) is 0.801. The summed E-state index contributed by atoms with van der Waals surface area (Å²) in [4.78, 5) is 4.17. The highest BCUT2D eigenvalue weighted by Crippen LogP contribution is 2.08. The van der Waals surface area contributed by atoms with Crippen molar-refractivity contribution in [2.45, 2.75) is 32.1 Å². The maximum atomic E-state index is 11.7. The third-order valence-corrected chi connectivity index (χ3v) is 3.60. The molecule has 0 saturated carbocycles. The van der Waals surface area contributed by atoms with Gasteiger partial charge in [0.2, 0.25) is 0 Å². The van der Waals surface area contributed by atoms with E-state index in [0.717, 1.165) is 29.9 Å². The van der Waals surface area contributed by atoms with Gasteiger partial charge in [-0.2, -0.15) is 0 Å². The molecule has 0 spiro atoms. The van der Waals surface area contributed by atoms with Crippen LogP contribution in [-0.2, 0) is 23.1 Å². The first-order valence-corrected chi connectivity index (χ1v) is 6.74. The Morgan fingerprint density at radius 2 is 2.33 bits per heavy atom. The van der Waals surface area contributed by atoms with Crippen molar-refractivity contribution in [2.24, 2.45) is 5.73 Å². The maximum absolute atomic E-state index is 11.7. The maximum Gasteiger partial charge on any atom is 0.0580 e. The lowest BCUT2D eigenvalue weighted by molar-refractivity contribution is 0.678. The average Bonchev–Trinajstić information content (AvgIpc) is 2.27. The fourth-order valence-electron chi connectivity index (χ4n) is 1.34. The molecular weight excluding hydrogens is 208 g/mol. The molecule has 15 heavy (non-hydrogen) atoms. The van der Waals surface area contributed by atoms with Gasteiger partial charge in [-0.25, -0.2) is 0 Å². The third-order valence-electron chi connectivity index (χ3n) is 2.22. The summed E-state index contributed by atoms with van der Waals surface area (Å²) in [7, 11) is -0.778. The molecule has 1 rings (SSSR count). The molecule has 0 fully saturated rings. The number of nitrogens with two attached hydrogens (primary N) is 1. The molecule has 0 radical (unpaired) electrons. The Balaban J connectivity index is 2.59. The van der Waals surface area contributed by atoms with Crippen LogP contribution in [0.3, 0.4) is 0 Å². The average molecular weight is 226 g/mol. The van der Waals surface area contributed by atoms with Gasteiger partial charge in [-0.15, -0.1) is 0 Å². The molecule has 0 aliphatic rings. The second kappa shape index (κ2) is 6.69. The molecule has 0 bridgehead atoms. The number of pyridine rings is 1. The Kier molecular flexibility index (Phi) is 5.50. The molecule has 1 aromatic heterocycles. The largest absolute Gasteiger partial charge is 0.325 e. The fraction of sp³-hybridized carbons (Fsp3) is 0.545. The molecule has 0 saturated heterocycles. The van der Waals surface area contributed by atoms with E-state index in [1.807, 2.05) is 12.1 Å². The Bertz CT molecular complexity index is 328. The van der Waals surface area contributed by atoms with Gasteiger partial charge in [0.15, 0.2) is 0 Å². The van der Waals surface area contributed by atoms with Crippen molar-refractivity contribution in [3.63, 3.8) is 0 Å². The molecule has 84 valence electrons. The molecule has 4 heteroatoms. The highest BCUT2D eigenvalue weighted by Gasteiger charge is 2.05. The highest BCUT2D eigenvalue weighted by atomic mass is 32.2. The van der Waals surface area contributed by atoms with Gasteiger partial charge >= 0.3 is 0 Å². The summed E-state index contributed by atoms with van der Waals surface area (Å²) in [5, 5.41) is 0. The minimum Gasteiger partial charge on any atom is -0.325 e. The van der Waals surface area contributed by atoms with Crippen LogP contribution in [0.15, 0.2) is 18.3 Å². The molecule has 0 aromatic carbocycles. The van der Waals surface area contributed by atoms with Crippen LogP contribution in [0.25, 0.3) is 0 Å². The Labute approximate surface area is 93.6 Å². The number of unbranched alkanes of at least 4 members (excludes halogenated alkanes) is 1. The van der Waals surface area contributed by atoms with E-state index in [0.29, 0.717) is 12.3 Å². The molecule has 2 N–H and O–H groups in total. The summed E-state index contributed by atoms with van der Waals surface area (Å²) in [6.07, 6.45) is 3.83. The van der Waals surface area contributed by atoms with Crippen molar-refractivity contribution in [3.8, 4) is 0 Å². The van der Waals surface area contributed by atoms with Crippen molar-refractivity contribution >= 4 is 10.8 Å². The molecule has 0 amide bonds. The van der Waals surface area contributed by atoms with E-state index in [2.05, 4.69) is 11.9 Å². The number of hydrogen-bond acceptors (Lipinski definition) is 3. The lowest BCUT2D eigenvalue weighted by Crippen LogP contribution is -2.08. The minimum absolute atomic E-state index is 0.418. The van der Waals surface area contributed by atoms with Crippen LogP contribution < -0.4 is 5.73 Å². The smallest absolute Gasteiger partial charge is 0.0580 e. The van der Waals surface area contributed by atoms with Crippen LogP contribution >= 0.6 is 0 Å². The van der Waals surface area contributed by atoms with Gasteiger partial charge in [0, 0.05) is 29.3 Å². The molecule has 1 heterocycles. The molecule has 0 aliphatic carbocycles. The Hall–Kier alpha value is -0.740. The zero-order valence-electron chi connectivity index (χ0n) is 9.11.